The second-order valence-corrected chi connectivity index (χ2v) is 34.2. The number of hydrogen-bond acceptors (Lipinski definition) is 21. The Morgan fingerprint density at radius 3 is 1.87 bits per heavy atom. The van der Waals surface area contributed by atoms with Crippen molar-refractivity contribution in [3.63, 3.8) is 0 Å². The molecule has 3 fully saturated rings. The van der Waals surface area contributed by atoms with Gasteiger partial charge in [-0.2, -0.15) is 0 Å². The molecule has 12 atom stereocenters. The number of hydrogen-bond donors (Lipinski definition) is 3. The largest absolute Gasteiger partial charge is 0.493 e. The first-order valence-electron chi connectivity index (χ1n) is 42.2. The lowest BCUT2D eigenvalue weighted by Gasteiger charge is -2.39. The standard InChI is InChI=1S/C89H125Br2N9O21/c1-14-58(6)83(75(114-12)50-79(106)97-31-21-24-68(97)84(115-13)60(8)71(102)46-62(89(111)112)45-61-22-17-15-18-23-61)96(10)76(103)26-25-70(101)82(55(2)3)95(9)77(104)27-34-116-38-40-118-36-29-92-85(107)80(90)81(91)86(108)93-30-37-119-41-39-117-35-28-78(105)100-54-64-43-57(5)53-99(64)88(110)66-47-73(113-11)74(49-69(66)100)121-33-20-16-19-32-120-72-48-67-65(44-59(72)7)87(109)98-52-56(4)42-63(98)51-94-67/h15,17-18,22-23,44,47-49,51,55,58,60,62-64,68,75,80-84H,4-5,14,16,19-21,24-43,45-46,50,52-54H2,1-3,6-13H3,(H,92,107)(H,93,108)(H,111,112)/t58-,60-,62+,63?,64-,68-,75+,80?,81?,82-,83-,84+/m0/s1. The molecule has 666 valence electrons. The van der Waals surface area contributed by atoms with E-state index < -0.39 is 69.6 Å². The fourth-order valence-electron chi connectivity index (χ4n) is 16.5. The quantitative estimate of drug-likeness (QED) is 0.0269. The number of Topliss-reactive ketones (excluding diaryl/α,β-unsaturated/α-hetero) is 2. The minimum Gasteiger partial charge on any atom is -0.493 e. The molecule has 3 saturated heterocycles. The van der Waals surface area contributed by atoms with Crippen LogP contribution in [-0.4, -0.2) is 293 Å². The van der Waals surface area contributed by atoms with Gasteiger partial charge >= 0.3 is 5.97 Å². The number of fused-ring (bicyclic) bond motifs is 4. The Morgan fingerprint density at radius 1 is 0.653 bits per heavy atom. The number of ketones is 2. The van der Waals surface area contributed by atoms with Gasteiger partial charge < -0.3 is 87.8 Å². The molecular formula is C89H125Br2N9O21. The smallest absolute Gasteiger partial charge is 0.307 e. The molecule has 0 aliphatic carbocycles. The monoisotopic (exact) mass is 1810 g/mol. The van der Waals surface area contributed by atoms with E-state index in [0.717, 1.165) is 35.1 Å². The van der Waals surface area contributed by atoms with Crippen molar-refractivity contribution >= 4 is 114 Å². The Morgan fingerprint density at radius 2 is 1.26 bits per heavy atom. The number of carboxylic acids is 1. The SMILES string of the molecule is C=C1CC2C=Nc3cc(OCCCCCOc4cc5c(cc4OC)C(=O)N4CC(=C)C[C@H]4CN5C(=O)CCOCCOCCNC(=O)C(Br)C(Br)C(=O)NCCOCCOCCC(=O)N(C)[C@H](C(=O)CCC(=O)N(C)[C@@H]([C@@H](C)CC)[C@@H](CC(=O)N4CCC[C@H]4[C@H](OC)[C@@H](C)C(=O)C[C@@H](Cc4ccccc4)C(=O)O)OC)C(C)C)c(C)cc3C(=O)N2C1. The second kappa shape index (κ2) is 48.5. The van der Waals surface area contributed by atoms with Crippen molar-refractivity contribution in [1.82, 2.24) is 35.1 Å². The molecule has 5 heterocycles. The molecule has 8 amide bonds. The van der Waals surface area contributed by atoms with Crippen molar-refractivity contribution in [1.29, 1.82) is 0 Å². The van der Waals surface area contributed by atoms with Crippen LogP contribution in [0, 0.1) is 30.6 Å². The number of aliphatic imine (C=N–C) groups is 1. The number of aliphatic carboxylic acids is 1. The number of aryl methyl sites for hydroxylation is 1. The van der Waals surface area contributed by atoms with Crippen LogP contribution in [0.15, 0.2) is 83.9 Å². The minimum atomic E-state index is -1.06. The van der Waals surface area contributed by atoms with Crippen LogP contribution in [0.25, 0.3) is 0 Å². The number of nitrogens with one attached hydrogen (secondary N) is 2. The maximum Gasteiger partial charge on any atom is 0.307 e. The maximum absolute atomic E-state index is 14.4. The molecule has 32 heteroatoms. The number of halogens is 2. The third-order valence-corrected chi connectivity index (χ3v) is 25.9. The van der Waals surface area contributed by atoms with E-state index in [0.29, 0.717) is 111 Å². The molecule has 0 aromatic heterocycles. The molecule has 121 heavy (non-hydrogen) atoms. The van der Waals surface area contributed by atoms with Crippen LogP contribution >= 0.6 is 31.9 Å². The molecule has 8 rings (SSSR count). The highest BCUT2D eigenvalue weighted by molar-refractivity contribution is 9.12. The molecule has 0 spiro atoms. The highest BCUT2D eigenvalue weighted by Gasteiger charge is 2.45. The van der Waals surface area contributed by atoms with E-state index in [1.54, 1.807) is 52.8 Å². The Balaban J connectivity index is 0.668. The summed E-state index contributed by atoms with van der Waals surface area (Å²) in [4.78, 5) is 162. The average Bonchev–Trinajstić information content (AvgIpc) is 1.63. The first-order valence-corrected chi connectivity index (χ1v) is 44.0. The number of amides is 8. The fraction of sp³-hybridized carbons (Fsp3) is 0.618. The van der Waals surface area contributed by atoms with Crippen molar-refractivity contribution in [3.8, 4) is 17.2 Å². The van der Waals surface area contributed by atoms with E-state index in [1.807, 2.05) is 88.2 Å². The topological polar surface area (TPSA) is 347 Å². The van der Waals surface area contributed by atoms with Gasteiger partial charge in [0.2, 0.25) is 35.4 Å². The molecule has 5 aliphatic rings. The first kappa shape index (κ1) is 97.9. The summed E-state index contributed by atoms with van der Waals surface area (Å²) in [5.41, 5.74) is 5.46. The third-order valence-electron chi connectivity index (χ3n) is 23.3. The van der Waals surface area contributed by atoms with Gasteiger partial charge in [-0.15, -0.1) is 0 Å². The van der Waals surface area contributed by atoms with E-state index in [9.17, 15) is 57.8 Å². The number of methoxy groups -OCH3 is 3. The third kappa shape index (κ3) is 27.2. The zero-order valence-corrected chi connectivity index (χ0v) is 75.3. The summed E-state index contributed by atoms with van der Waals surface area (Å²) in [5.74, 6) is -4.54. The highest BCUT2D eigenvalue weighted by Crippen LogP contribution is 2.42. The van der Waals surface area contributed by atoms with Crippen LogP contribution in [0.2, 0.25) is 0 Å². The molecule has 3 aromatic rings. The summed E-state index contributed by atoms with van der Waals surface area (Å²) >= 11 is 6.63. The first-order chi connectivity index (χ1) is 57.9. The minimum absolute atomic E-state index is 0.0117. The zero-order chi connectivity index (χ0) is 88.1. The summed E-state index contributed by atoms with van der Waals surface area (Å²) in [6.45, 7) is 23.1. The van der Waals surface area contributed by atoms with Crippen LogP contribution < -0.4 is 29.7 Å². The number of carboxylic acid groups (broad SMARTS) is 1. The predicted octanol–water partition coefficient (Wildman–Crippen LogP) is 9.50. The molecule has 0 bridgehead atoms. The van der Waals surface area contributed by atoms with E-state index >= 15 is 0 Å². The van der Waals surface area contributed by atoms with Crippen LogP contribution in [0.1, 0.15) is 156 Å². The van der Waals surface area contributed by atoms with Gasteiger partial charge in [0.1, 0.15) is 21.2 Å². The van der Waals surface area contributed by atoms with Gasteiger partial charge in [0.25, 0.3) is 11.8 Å². The van der Waals surface area contributed by atoms with E-state index in [2.05, 4.69) is 60.6 Å². The maximum atomic E-state index is 14.4. The number of unbranched alkanes of at least 4 members (excludes halogenated alkanes) is 2. The zero-order valence-electron chi connectivity index (χ0n) is 72.1. The number of carbonyl (C=O) groups excluding carboxylic acids is 10. The summed E-state index contributed by atoms with van der Waals surface area (Å²) in [7, 11) is 7.70. The molecular weight excluding hydrogens is 1690 g/mol. The van der Waals surface area contributed by atoms with Gasteiger partial charge in [-0.3, -0.25) is 57.7 Å². The lowest BCUT2D eigenvalue weighted by atomic mass is 9.85. The van der Waals surface area contributed by atoms with Gasteiger partial charge in [0.05, 0.1) is 163 Å². The van der Waals surface area contributed by atoms with Crippen molar-refractivity contribution in [2.24, 2.45) is 28.7 Å². The van der Waals surface area contributed by atoms with Crippen molar-refractivity contribution < 1.29 is 100 Å². The molecule has 0 radical (unpaired) electrons. The van der Waals surface area contributed by atoms with Gasteiger partial charge in [0.15, 0.2) is 17.3 Å². The van der Waals surface area contributed by atoms with Gasteiger partial charge in [0, 0.05) is 111 Å². The Kier molecular flexibility index (Phi) is 39.3. The Bertz CT molecular complexity index is 4110. The molecule has 5 aliphatic heterocycles. The molecule has 3 aromatic carbocycles. The normalized spacial score (nSPS) is 18.5. The van der Waals surface area contributed by atoms with Crippen LogP contribution in [0.5, 0.6) is 17.2 Å². The number of anilines is 1. The summed E-state index contributed by atoms with van der Waals surface area (Å²) in [6.07, 6.45) is 5.41. The predicted molar refractivity (Wildman–Crippen MR) is 463 cm³/mol. The van der Waals surface area contributed by atoms with E-state index in [-0.39, 0.29) is 188 Å². The lowest BCUT2D eigenvalue weighted by Crippen LogP contribution is -2.53. The number of benzene rings is 3. The number of alkyl halides is 2. The van der Waals surface area contributed by atoms with E-state index in [4.69, 9.17) is 42.6 Å². The van der Waals surface area contributed by atoms with Crippen molar-refractivity contribution in [2.75, 3.05) is 146 Å². The van der Waals surface area contributed by atoms with Crippen LogP contribution in [-0.2, 0) is 78.0 Å². The molecule has 3 N–H and O–H groups in total. The number of likely N-dealkylation sites (tertiary alicyclic amines) is 1. The molecule has 30 nitrogen and oxygen atoms in total. The van der Waals surface area contributed by atoms with Gasteiger partial charge in [-0.1, -0.05) is 128 Å². The number of nitrogens with zero attached hydrogens (tertiary/aromatic N) is 7. The van der Waals surface area contributed by atoms with Crippen LogP contribution in [0.3, 0.4) is 0 Å². The average molecular weight is 1820 g/mol. The Hall–Kier alpha value is -8.50. The summed E-state index contributed by atoms with van der Waals surface area (Å²) in [6, 6.07) is 14.0. The fourth-order valence-corrected chi connectivity index (χ4v) is 17.3. The number of rotatable bonds is 52. The second-order valence-electron chi connectivity index (χ2n) is 32.2. The summed E-state index contributed by atoms with van der Waals surface area (Å²) < 4.78 is 53.0. The van der Waals surface area contributed by atoms with Crippen molar-refractivity contribution in [2.45, 2.75) is 190 Å². The Labute approximate surface area is 728 Å². The summed E-state index contributed by atoms with van der Waals surface area (Å²) in [5, 5.41) is 15.5. The molecule has 0 saturated carbocycles. The van der Waals surface area contributed by atoms with Gasteiger partial charge in [-0.05, 0) is 93.4 Å². The highest BCUT2D eigenvalue weighted by atomic mass is 79.9. The van der Waals surface area contributed by atoms with Crippen LogP contribution in [0.4, 0.5) is 11.4 Å². The number of likely N-dealkylation sites (N-methyl/N-ethyl adjacent to an activating group) is 2. The molecule has 3 unspecified atom stereocenters. The number of ether oxygens (including phenoxy) is 9. The van der Waals surface area contributed by atoms with Gasteiger partial charge in [-0.25, -0.2) is 0 Å². The number of carbonyl (C=O) groups is 11. The van der Waals surface area contributed by atoms with E-state index in [1.165, 1.54) is 26.2 Å². The van der Waals surface area contributed by atoms with Crippen molar-refractivity contribution in [3.05, 3.63) is 101 Å². The lowest BCUT2D eigenvalue weighted by molar-refractivity contribution is -0.147.